The fourth-order valence-electron chi connectivity index (χ4n) is 2.21. The first-order chi connectivity index (χ1) is 10.9. The minimum atomic E-state index is -1.02. The molecule has 0 aliphatic rings. The van der Waals surface area contributed by atoms with Gasteiger partial charge >= 0.3 is 5.97 Å². The molecule has 0 spiro atoms. The van der Waals surface area contributed by atoms with E-state index < -0.39 is 5.97 Å². The quantitative estimate of drug-likeness (QED) is 0.840. The van der Waals surface area contributed by atoms with Crippen LogP contribution in [-0.4, -0.2) is 40.0 Å². The molecule has 0 aromatic carbocycles. The third-order valence-electron chi connectivity index (χ3n) is 3.21. The fraction of sp³-hybridized carbons (Fsp3) is 0.438. The van der Waals surface area contributed by atoms with Gasteiger partial charge in [0.25, 0.3) is 0 Å². The normalized spacial score (nSPS) is 11.0. The molecule has 0 bridgehead atoms. The molecule has 124 valence electrons. The molecule has 0 radical (unpaired) electrons. The SMILES string of the molecule is Cc1oc(-c2cccs2)nc1CC(=O)N(CC(=O)O)CC(C)C. The molecule has 6 nitrogen and oxygen atoms in total. The lowest BCUT2D eigenvalue weighted by molar-refractivity contribution is -0.144. The van der Waals surface area contributed by atoms with Crippen molar-refractivity contribution < 1.29 is 19.1 Å². The lowest BCUT2D eigenvalue weighted by atomic mass is 10.2. The molecule has 2 heterocycles. The molecule has 2 aromatic heterocycles. The molecule has 0 fully saturated rings. The number of aromatic nitrogens is 1. The summed E-state index contributed by atoms with van der Waals surface area (Å²) in [5.74, 6) is -0.000666. The number of amides is 1. The Labute approximate surface area is 138 Å². The molecular formula is C16H20N2O4S. The third-order valence-corrected chi connectivity index (χ3v) is 4.07. The highest BCUT2D eigenvalue weighted by Gasteiger charge is 2.21. The van der Waals surface area contributed by atoms with Gasteiger partial charge in [-0.15, -0.1) is 11.3 Å². The maximum atomic E-state index is 12.4. The Morgan fingerprint density at radius 3 is 2.74 bits per heavy atom. The number of hydrogen-bond acceptors (Lipinski definition) is 5. The van der Waals surface area contributed by atoms with Crippen LogP contribution in [0, 0.1) is 12.8 Å². The molecule has 2 rings (SSSR count). The first-order valence-corrected chi connectivity index (χ1v) is 8.24. The molecule has 23 heavy (non-hydrogen) atoms. The Hall–Kier alpha value is -2.15. The summed E-state index contributed by atoms with van der Waals surface area (Å²) in [7, 11) is 0. The van der Waals surface area contributed by atoms with Gasteiger partial charge in [0.1, 0.15) is 12.3 Å². The second kappa shape index (κ2) is 7.41. The molecular weight excluding hydrogens is 316 g/mol. The van der Waals surface area contributed by atoms with E-state index in [0.29, 0.717) is 23.9 Å². The Morgan fingerprint density at radius 1 is 1.43 bits per heavy atom. The standard InChI is InChI=1S/C16H20N2O4S/c1-10(2)8-18(9-15(20)21)14(19)7-12-11(3)22-16(17-12)13-5-4-6-23-13/h4-6,10H,7-9H2,1-3H3,(H,20,21). The Kier molecular flexibility index (Phi) is 5.54. The largest absolute Gasteiger partial charge is 0.480 e. The van der Waals surface area contributed by atoms with E-state index in [1.165, 1.54) is 16.2 Å². The molecule has 7 heteroatoms. The zero-order valence-corrected chi connectivity index (χ0v) is 14.2. The van der Waals surface area contributed by atoms with E-state index in [1.807, 2.05) is 31.4 Å². The van der Waals surface area contributed by atoms with Crippen LogP contribution in [0.4, 0.5) is 0 Å². The highest BCUT2D eigenvalue weighted by molar-refractivity contribution is 7.13. The number of nitrogens with zero attached hydrogens (tertiary/aromatic N) is 2. The smallest absolute Gasteiger partial charge is 0.323 e. The fourth-order valence-corrected chi connectivity index (χ4v) is 2.86. The van der Waals surface area contributed by atoms with Crippen molar-refractivity contribution in [3.8, 4) is 10.8 Å². The first-order valence-electron chi connectivity index (χ1n) is 7.36. The summed E-state index contributed by atoms with van der Waals surface area (Å²) in [6, 6.07) is 3.80. The number of thiophene rings is 1. The van der Waals surface area contributed by atoms with Crippen molar-refractivity contribution in [3.63, 3.8) is 0 Å². The van der Waals surface area contributed by atoms with Gasteiger partial charge in [0.2, 0.25) is 11.8 Å². The zero-order valence-electron chi connectivity index (χ0n) is 13.4. The monoisotopic (exact) mass is 336 g/mol. The second-order valence-electron chi connectivity index (χ2n) is 5.74. The van der Waals surface area contributed by atoms with Gasteiger partial charge in [-0.2, -0.15) is 0 Å². The number of aliphatic carboxylic acids is 1. The van der Waals surface area contributed by atoms with Gasteiger partial charge in [-0.05, 0) is 24.3 Å². The van der Waals surface area contributed by atoms with E-state index in [9.17, 15) is 9.59 Å². The molecule has 2 aromatic rings. The number of oxazole rings is 1. The van der Waals surface area contributed by atoms with E-state index in [4.69, 9.17) is 9.52 Å². The molecule has 1 N–H and O–H groups in total. The van der Waals surface area contributed by atoms with E-state index >= 15 is 0 Å². The molecule has 0 aliphatic heterocycles. The van der Waals surface area contributed by atoms with Crippen molar-refractivity contribution in [2.45, 2.75) is 27.2 Å². The predicted molar refractivity (Wildman–Crippen MR) is 87.3 cm³/mol. The molecule has 0 saturated heterocycles. The minimum absolute atomic E-state index is 0.0424. The Bertz CT molecular complexity index is 676. The topological polar surface area (TPSA) is 83.6 Å². The maximum absolute atomic E-state index is 12.4. The zero-order chi connectivity index (χ0) is 17.0. The predicted octanol–water partition coefficient (Wildman–Crippen LogP) is 2.82. The highest BCUT2D eigenvalue weighted by Crippen LogP contribution is 2.26. The average molecular weight is 336 g/mol. The summed E-state index contributed by atoms with van der Waals surface area (Å²) < 4.78 is 5.61. The van der Waals surface area contributed by atoms with Gasteiger partial charge in [-0.1, -0.05) is 19.9 Å². The number of rotatable bonds is 7. The van der Waals surface area contributed by atoms with E-state index in [0.717, 1.165) is 4.88 Å². The van der Waals surface area contributed by atoms with Crippen LogP contribution < -0.4 is 0 Å². The number of carboxylic acid groups (broad SMARTS) is 1. The molecule has 0 saturated carbocycles. The number of carbonyl (C=O) groups excluding carboxylic acids is 1. The van der Waals surface area contributed by atoms with Gasteiger partial charge < -0.3 is 14.4 Å². The van der Waals surface area contributed by atoms with Crippen LogP contribution in [-0.2, 0) is 16.0 Å². The van der Waals surface area contributed by atoms with Crippen LogP contribution in [0.5, 0.6) is 0 Å². The van der Waals surface area contributed by atoms with Gasteiger partial charge in [0.15, 0.2) is 0 Å². The summed E-state index contributed by atoms with van der Waals surface area (Å²) in [6.07, 6.45) is 0.0424. The lowest BCUT2D eigenvalue weighted by Crippen LogP contribution is -2.39. The van der Waals surface area contributed by atoms with Gasteiger partial charge in [0, 0.05) is 6.54 Å². The minimum Gasteiger partial charge on any atom is -0.480 e. The number of hydrogen-bond donors (Lipinski definition) is 1. The lowest BCUT2D eigenvalue weighted by Gasteiger charge is -2.22. The van der Waals surface area contributed by atoms with Crippen LogP contribution in [0.15, 0.2) is 21.9 Å². The van der Waals surface area contributed by atoms with Crippen molar-refractivity contribution in [2.24, 2.45) is 5.92 Å². The number of carboxylic acids is 1. The van der Waals surface area contributed by atoms with Crippen molar-refractivity contribution in [2.75, 3.05) is 13.1 Å². The summed E-state index contributed by atoms with van der Waals surface area (Å²) in [6.45, 7) is 5.75. The Morgan fingerprint density at radius 2 is 2.17 bits per heavy atom. The Balaban J connectivity index is 2.13. The summed E-state index contributed by atoms with van der Waals surface area (Å²) in [5, 5.41) is 10.9. The van der Waals surface area contributed by atoms with Gasteiger partial charge in [-0.3, -0.25) is 9.59 Å². The van der Waals surface area contributed by atoms with E-state index in [-0.39, 0.29) is 24.8 Å². The van der Waals surface area contributed by atoms with Gasteiger partial charge in [0.05, 0.1) is 17.0 Å². The van der Waals surface area contributed by atoms with Crippen LogP contribution in [0.3, 0.4) is 0 Å². The van der Waals surface area contributed by atoms with Crippen molar-refractivity contribution >= 4 is 23.2 Å². The summed E-state index contributed by atoms with van der Waals surface area (Å²) in [4.78, 5) is 30.0. The highest BCUT2D eigenvalue weighted by atomic mass is 32.1. The second-order valence-corrected chi connectivity index (χ2v) is 6.69. The van der Waals surface area contributed by atoms with Crippen LogP contribution in [0.1, 0.15) is 25.3 Å². The first kappa shape index (κ1) is 17.2. The molecule has 0 aliphatic carbocycles. The van der Waals surface area contributed by atoms with Crippen LogP contribution in [0.2, 0.25) is 0 Å². The summed E-state index contributed by atoms with van der Waals surface area (Å²) >= 11 is 1.51. The van der Waals surface area contributed by atoms with Crippen LogP contribution >= 0.6 is 11.3 Å². The van der Waals surface area contributed by atoms with Crippen LogP contribution in [0.25, 0.3) is 10.8 Å². The maximum Gasteiger partial charge on any atom is 0.323 e. The van der Waals surface area contributed by atoms with Crippen molar-refractivity contribution in [1.29, 1.82) is 0 Å². The molecule has 0 atom stereocenters. The third kappa shape index (κ3) is 4.66. The van der Waals surface area contributed by atoms with E-state index in [1.54, 1.807) is 6.92 Å². The molecule has 0 unspecified atom stereocenters. The average Bonchev–Trinajstić information content (AvgIpc) is 3.07. The van der Waals surface area contributed by atoms with Crippen molar-refractivity contribution in [1.82, 2.24) is 9.88 Å². The number of carbonyl (C=O) groups is 2. The van der Waals surface area contributed by atoms with Gasteiger partial charge in [-0.25, -0.2) is 4.98 Å². The van der Waals surface area contributed by atoms with Crippen molar-refractivity contribution in [3.05, 3.63) is 29.0 Å². The molecule has 1 amide bonds. The van der Waals surface area contributed by atoms with E-state index in [2.05, 4.69) is 4.98 Å². The number of aryl methyl sites for hydroxylation is 1. The summed E-state index contributed by atoms with van der Waals surface area (Å²) in [5.41, 5.74) is 0.553.